The summed E-state index contributed by atoms with van der Waals surface area (Å²) in [5.74, 6) is -1.53. The standard InChI is InChI=1S/C15H11FO2/c16-14-10-13(11-4-2-1-3-5-11)7-6-12(14)8-9-15(17)18/h1-10H,(H,17,18)/b9-8+. The third kappa shape index (κ3) is 2.83. The Kier molecular flexibility index (Phi) is 3.53. The number of carboxylic acids is 1. The Hall–Kier alpha value is -2.42. The third-order valence-corrected chi connectivity index (χ3v) is 2.51. The van der Waals surface area contributed by atoms with Crippen LogP contribution in [0.2, 0.25) is 0 Å². The van der Waals surface area contributed by atoms with E-state index < -0.39 is 11.8 Å². The number of carboxylic acid groups (broad SMARTS) is 1. The summed E-state index contributed by atoms with van der Waals surface area (Å²) in [5.41, 5.74) is 1.95. The smallest absolute Gasteiger partial charge is 0.328 e. The van der Waals surface area contributed by atoms with Gasteiger partial charge in [-0.15, -0.1) is 0 Å². The van der Waals surface area contributed by atoms with Gasteiger partial charge in [-0.2, -0.15) is 0 Å². The second-order valence-corrected chi connectivity index (χ2v) is 3.77. The van der Waals surface area contributed by atoms with E-state index in [2.05, 4.69) is 0 Å². The first-order valence-corrected chi connectivity index (χ1v) is 5.43. The van der Waals surface area contributed by atoms with E-state index in [4.69, 9.17) is 5.11 Å². The fourth-order valence-corrected chi connectivity index (χ4v) is 1.63. The minimum atomic E-state index is -1.10. The SMILES string of the molecule is O=C(O)/C=C/c1ccc(-c2ccccc2)cc1F. The van der Waals surface area contributed by atoms with Gasteiger partial charge in [0.15, 0.2) is 0 Å². The molecule has 2 aromatic carbocycles. The van der Waals surface area contributed by atoms with Crippen LogP contribution in [0.5, 0.6) is 0 Å². The lowest BCUT2D eigenvalue weighted by Gasteiger charge is -2.03. The molecule has 0 spiro atoms. The maximum absolute atomic E-state index is 13.7. The van der Waals surface area contributed by atoms with Crippen molar-refractivity contribution in [2.24, 2.45) is 0 Å². The number of halogens is 1. The van der Waals surface area contributed by atoms with Gasteiger partial charge >= 0.3 is 5.97 Å². The quantitative estimate of drug-likeness (QED) is 0.835. The van der Waals surface area contributed by atoms with E-state index in [1.807, 2.05) is 30.3 Å². The lowest BCUT2D eigenvalue weighted by Crippen LogP contribution is -1.88. The molecule has 2 nitrogen and oxygen atoms in total. The molecule has 0 atom stereocenters. The summed E-state index contributed by atoms with van der Waals surface area (Å²) in [4.78, 5) is 10.4. The third-order valence-electron chi connectivity index (χ3n) is 2.51. The van der Waals surface area contributed by atoms with Gasteiger partial charge in [0.05, 0.1) is 0 Å². The molecule has 90 valence electrons. The maximum Gasteiger partial charge on any atom is 0.328 e. The second kappa shape index (κ2) is 5.27. The summed E-state index contributed by atoms with van der Waals surface area (Å²) >= 11 is 0. The van der Waals surface area contributed by atoms with E-state index in [9.17, 15) is 9.18 Å². The molecule has 0 radical (unpaired) electrons. The van der Waals surface area contributed by atoms with Crippen LogP contribution >= 0.6 is 0 Å². The average molecular weight is 242 g/mol. The second-order valence-electron chi connectivity index (χ2n) is 3.77. The summed E-state index contributed by atoms with van der Waals surface area (Å²) in [6, 6.07) is 14.2. The highest BCUT2D eigenvalue weighted by Gasteiger charge is 2.03. The minimum absolute atomic E-state index is 0.261. The zero-order valence-corrected chi connectivity index (χ0v) is 9.51. The molecule has 0 aliphatic rings. The molecule has 1 N–H and O–H groups in total. The van der Waals surface area contributed by atoms with Gasteiger partial charge in [-0.25, -0.2) is 9.18 Å². The molecule has 0 aliphatic carbocycles. The Labute approximate surface area is 104 Å². The normalized spacial score (nSPS) is 10.7. The first-order chi connectivity index (χ1) is 8.66. The fraction of sp³-hybridized carbons (Fsp3) is 0. The molecule has 2 rings (SSSR count). The number of aliphatic carboxylic acids is 1. The summed E-state index contributed by atoms with van der Waals surface area (Å²) < 4.78 is 13.7. The van der Waals surface area contributed by atoms with E-state index in [1.165, 1.54) is 12.1 Å². The highest BCUT2D eigenvalue weighted by atomic mass is 19.1. The van der Waals surface area contributed by atoms with Crippen molar-refractivity contribution in [3.8, 4) is 11.1 Å². The zero-order valence-electron chi connectivity index (χ0n) is 9.51. The van der Waals surface area contributed by atoms with Crippen LogP contribution in [-0.4, -0.2) is 11.1 Å². The number of rotatable bonds is 3. The Morgan fingerprint density at radius 1 is 1.06 bits per heavy atom. The molecule has 0 saturated heterocycles. The van der Waals surface area contributed by atoms with Crippen LogP contribution < -0.4 is 0 Å². The van der Waals surface area contributed by atoms with Crippen molar-refractivity contribution < 1.29 is 14.3 Å². The molecule has 0 aliphatic heterocycles. The topological polar surface area (TPSA) is 37.3 Å². The lowest BCUT2D eigenvalue weighted by molar-refractivity contribution is -0.131. The Morgan fingerprint density at radius 2 is 1.78 bits per heavy atom. The van der Waals surface area contributed by atoms with Gasteiger partial charge in [-0.3, -0.25) is 0 Å². The van der Waals surface area contributed by atoms with Gasteiger partial charge in [0.2, 0.25) is 0 Å². The first-order valence-electron chi connectivity index (χ1n) is 5.43. The van der Waals surface area contributed by atoms with E-state index in [1.54, 1.807) is 12.1 Å². The Balaban J connectivity index is 2.34. The number of benzene rings is 2. The number of hydrogen-bond acceptors (Lipinski definition) is 1. The molecule has 0 saturated carbocycles. The van der Waals surface area contributed by atoms with Crippen molar-refractivity contribution in [1.29, 1.82) is 0 Å². The van der Waals surface area contributed by atoms with Crippen LogP contribution in [-0.2, 0) is 4.79 Å². The van der Waals surface area contributed by atoms with Crippen LogP contribution in [0.1, 0.15) is 5.56 Å². The van der Waals surface area contributed by atoms with Crippen LogP contribution in [0, 0.1) is 5.82 Å². The highest BCUT2D eigenvalue weighted by Crippen LogP contribution is 2.22. The first kappa shape index (κ1) is 12.0. The van der Waals surface area contributed by atoms with E-state index in [0.717, 1.165) is 17.2 Å². The minimum Gasteiger partial charge on any atom is -0.478 e. The molecule has 0 bridgehead atoms. The van der Waals surface area contributed by atoms with Crippen molar-refractivity contribution in [1.82, 2.24) is 0 Å². The molecule has 0 fully saturated rings. The summed E-state index contributed by atoms with van der Waals surface area (Å²) in [6.07, 6.45) is 2.16. The van der Waals surface area contributed by atoms with Crippen molar-refractivity contribution in [2.45, 2.75) is 0 Å². The van der Waals surface area contributed by atoms with Crippen LogP contribution in [0.4, 0.5) is 4.39 Å². The van der Waals surface area contributed by atoms with Gasteiger partial charge < -0.3 is 5.11 Å². The van der Waals surface area contributed by atoms with Gasteiger partial charge in [-0.1, -0.05) is 42.5 Å². The van der Waals surface area contributed by atoms with Crippen LogP contribution in [0.25, 0.3) is 17.2 Å². The van der Waals surface area contributed by atoms with Crippen molar-refractivity contribution in [3.63, 3.8) is 0 Å². The summed E-state index contributed by atoms with van der Waals surface area (Å²) in [6.45, 7) is 0. The van der Waals surface area contributed by atoms with Crippen molar-refractivity contribution in [3.05, 3.63) is 66.0 Å². The molecular weight excluding hydrogens is 231 g/mol. The van der Waals surface area contributed by atoms with Crippen molar-refractivity contribution >= 4 is 12.0 Å². The highest BCUT2D eigenvalue weighted by molar-refractivity contribution is 5.85. The van der Waals surface area contributed by atoms with Crippen LogP contribution in [0.3, 0.4) is 0 Å². The maximum atomic E-state index is 13.7. The molecule has 0 aromatic heterocycles. The zero-order chi connectivity index (χ0) is 13.0. The number of carbonyl (C=O) groups is 1. The van der Waals surface area contributed by atoms with Crippen molar-refractivity contribution in [2.75, 3.05) is 0 Å². The Bertz CT molecular complexity index is 589. The summed E-state index contributed by atoms with van der Waals surface area (Å²) in [5, 5.41) is 8.49. The van der Waals surface area contributed by atoms with Crippen LogP contribution in [0.15, 0.2) is 54.6 Å². The summed E-state index contributed by atoms with van der Waals surface area (Å²) in [7, 11) is 0. The Morgan fingerprint density at radius 3 is 2.39 bits per heavy atom. The predicted molar refractivity (Wildman–Crippen MR) is 68.5 cm³/mol. The lowest BCUT2D eigenvalue weighted by atomic mass is 10.0. The molecule has 2 aromatic rings. The molecular formula is C15H11FO2. The molecule has 0 unspecified atom stereocenters. The van der Waals surface area contributed by atoms with Gasteiger partial charge in [0.25, 0.3) is 0 Å². The van der Waals surface area contributed by atoms with Gasteiger partial charge in [0, 0.05) is 11.6 Å². The molecule has 0 heterocycles. The van der Waals surface area contributed by atoms with Gasteiger partial charge in [0.1, 0.15) is 5.82 Å². The average Bonchev–Trinajstić information content (AvgIpc) is 2.38. The molecule has 0 amide bonds. The fourth-order valence-electron chi connectivity index (χ4n) is 1.63. The predicted octanol–water partition coefficient (Wildman–Crippen LogP) is 3.59. The molecule has 3 heteroatoms. The largest absolute Gasteiger partial charge is 0.478 e. The number of hydrogen-bond donors (Lipinski definition) is 1. The van der Waals surface area contributed by atoms with E-state index in [0.29, 0.717) is 0 Å². The van der Waals surface area contributed by atoms with E-state index in [-0.39, 0.29) is 5.56 Å². The van der Waals surface area contributed by atoms with E-state index >= 15 is 0 Å². The van der Waals surface area contributed by atoms with Gasteiger partial charge in [-0.05, 0) is 23.3 Å². The molecule has 18 heavy (non-hydrogen) atoms. The monoisotopic (exact) mass is 242 g/mol.